The quantitative estimate of drug-likeness (QED) is 0.327. The third kappa shape index (κ3) is 8.50. The summed E-state index contributed by atoms with van der Waals surface area (Å²) in [7, 11) is 1.80. The van der Waals surface area contributed by atoms with Crippen molar-refractivity contribution in [3.63, 3.8) is 0 Å². The Bertz CT molecular complexity index is 764. The first kappa shape index (κ1) is 23.9. The van der Waals surface area contributed by atoms with E-state index in [-0.39, 0.29) is 24.0 Å². The van der Waals surface area contributed by atoms with E-state index >= 15 is 0 Å². The summed E-state index contributed by atoms with van der Waals surface area (Å²) in [4.78, 5) is 6.75. The second-order valence-corrected chi connectivity index (χ2v) is 7.37. The van der Waals surface area contributed by atoms with Gasteiger partial charge in [-0.3, -0.25) is 9.89 Å². The number of ether oxygens (including phenoxy) is 1. The number of guanidine groups is 1. The van der Waals surface area contributed by atoms with Crippen molar-refractivity contribution in [1.29, 1.82) is 0 Å². The van der Waals surface area contributed by atoms with Gasteiger partial charge in [0.15, 0.2) is 5.96 Å². The Labute approximate surface area is 195 Å². The molecule has 2 aromatic rings. The first-order valence-electron chi connectivity index (χ1n) is 9.80. The summed E-state index contributed by atoms with van der Waals surface area (Å²) in [6.07, 6.45) is 0.924. The lowest BCUT2D eigenvalue weighted by molar-refractivity contribution is 0.0342. The van der Waals surface area contributed by atoms with Gasteiger partial charge in [-0.05, 0) is 35.2 Å². The van der Waals surface area contributed by atoms with Crippen molar-refractivity contribution < 1.29 is 4.74 Å². The van der Waals surface area contributed by atoms with E-state index in [1.54, 1.807) is 7.05 Å². The molecule has 7 heteroatoms. The predicted molar refractivity (Wildman–Crippen MR) is 131 cm³/mol. The molecular weight excluding hydrogens is 499 g/mol. The molecule has 2 aromatic carbocycles. The highest BCUT2D eigenvalue weighted by Gasteiger charge is 2.10. The molecule has 0 aliphatic carbocycles. The van der Waals surface area contributed by atoms with E-state index in [2.05, 4.69) is 56.9 Å². The van der Waals surface area contributed by atoms with E-state index < -0.39 is 0 Å². The molecule has 0 saturated carbocycles. The van der Waals surface area contributed by atoms with E-state index in [9.17, 15) is 0 Å². The van der Waals surface area contributed by atoms with Crippen molar-refractivity contribution in [3.8, 4) is 0 Å². The van der Waals surface area contributed by atoms with Crippen molar-refractivity contribution >= 4 is 41.5 Å². The molecule has 0 aromatic heterocycles. The number of hydrogen-bond acceptors (Lipinski definition) is 3. The molecule has 1 fully saturated rings. The molecule has 3 rings (SSSR count). The molecule has 2 N–H and O–H groups in total. The number of nitrogens with one attached hydrogen (secondary N) is 2. The summed E-state index contributed by atoms with van der Waals surface area (Å²) < 4.78 is 5.43. The highest BCUT2D eigenvalue weighted by molar-refractivity contribution is 14.0. The maximum atomic E-state index is 5.93. The van der Waals surface area contributed by atoms with Crippen molar-refractivity contribution in [2.75, 3.05) is 39.9 Å². The fourth-order valence-corrected chi connectivity index (χ4v) is 3.36. The minimum atomic E-state index is 0. The van der Waals surface area contributed by atoms with Crippen LogP contribution in [-0.4, -0.2) is 50.8 Å². The fraction of sp³-hybridized carbons (Fsp3) is 0.409. The molecular formula is C22H30ClIN4O. The van der Waals surface area contributed by atoms with Crippen LogP contribution in [0.25, 0.3) is 0 Å². The lowest BCUT2D eigenvalue weighted by Crippen LogP contribution is -2.38. The zero-order chi connectivity index (χ0) is 19.6. The van der Waals surface area contributed by atoms with Crippen molar-refractivity contribution in [2.45, 2.75) is 19.5 Å². The van der Waals surface area contributed by atoms with Crippen molar-refractivity contribution in [1.82, 2.24) is 15.5 Å². The molecule has 0 radical (unpaired) electrons. The number of halogens is 2. The van der Waals surface area contributed by atoms with Crippen LogP contribution in [0.3, 0.4) is 0 Å². The fourth-order valence-electron chi connectivity index (χ4n) is 3.24. The molecule has 0 amide bonds. The maximum absolute atomic E-state index is 5.93. The predicted octanol–water partition coefficient (Wildman–Crippen LogP) is 3.70. The van der Waals surface area contributed by atoms with Gasteiger partial charge >= 0.3 is 0 Å². The average molecular weight is 529 g/mol. The van der Waals surface area contributed by atoms with E-state index in [0.29, 0.717) is 0 Å². The van der Waals surface area contributed by atoms with Crippen molar-refractivity contribution in [2.24, 2.45) is 4.99 Å². The summed E-state index contributed by atoms with van der Waals surface area (Å²) in [6.45, 7) is 6.22. The SMILES string of the molecule is CN=C(NCCc1ccc(Cl)cc1)NCc1cccc(CN2CCOCC2)c1.I. The molecule has 1 saturated heterocycles. The van der Waals surface area contributed by atoms with E-state index in [0.717, 1.165) is 63.3 Å². The van der Waals surface area contributed by atoms with Crippen LogP contribution in [-0.2, 0) is 24.2 Å². The Morgan fingerprint density at radius 3 is 2.48 bits per heavy atom. The van der Waals surface area contributed by atoms with Crippen LogP contribution < -0.4 is 10.6 Å². The van der Waals surface area contributed by atoms with Gasteiger partial charge < -0.3 is 15.4 Å². The van der Waals surface area contributed by atoms with Gasteiger partial charge in [0.1, 0.15) is 0 Å². The lowest BCUT2D eigenvalue weighted by atomic mass is 10.1. The summed E-state index contributed by atoms with van der Waals surface area (Å²) in [5, 5.41) is 7.53. The first-order chi connectivity index (χ1) is 13.7. The van der Waals surface area contributed by atoms with Crippen LogP contribution in [0.1, 0.15) is 16.7 Å². The maximum Gasteiger partial charge on any atom is 0.191 e. The average Bonchev–Trinajstić information content (AvgIpc) is 2.73. The summed E-state index contributed by atoms with van der Waals surface area (Å²) in [5.41, 5.74) is 3.85. The van der Waals surface area contributed by atoms with Gasteiger partial charge in [0.05, 0.1) is 13.2 Å². The third-order valence-electron chi connectivity index (χ3n) is 4.80. The van der Waals surface area contributed by atoms with Gasteiger partial charge in [0.25, 0.3) is 0 Å². The second kappa shape index (κ2) is 13.1. The highest BCUT2D eigenvalue weighted by Crippen LogP contribution is 2.11. The minimum Gasteiger partial charge on any atom is -0.379 e. The zero-order valence-corrected chi connectivity index (χ0v) is 20.0. The van der Waals surface area contributed by atoms with Gasteiger partial charge in [-0.15, -0.1) is 24.0 Å². The van der Waals surface area contributed by atoms with Gasteiger partial charge in [-0.1, -0.05) is 48.0 Å². The summed E-state index contributed by atoms with van der Waals surface area (Å²) in [5.74, 6) is 0.813. The lowest BCUT2D eigenvalue weighted by Gasteiger charge is -2.26. The van der Waals surface area contributed by atoms with Gasteiger partial charge in [0, 0.05) is 44.8 Å². The molecule has 0 spiro atoms. The molecule has 1 heterocycles. The Morgan fingerprint density at radius 2 is 1.76 bits per heavy atom. The number of rotatable bonds is 7. The van der Waals surface area contributed by atoms with Crippen LogP contribution in [0.4, 0.5) is 0 Å². The first-order valence-corrected chi connectivity index (χ1v) is 10.2. The normalized spacial score (nSPS) is 14.9. The summed E-state index contributed by atoms with van der Waals surface area (Å²) >= 11 is 5.93. The molecule has 5 nitrogen and oxygen atoms in total. The Morgan fingerprint density at radius 1 is 1.03 bits per heavy atom. The molecule has 158 valence electrons. The topological polar surface area (TPSA) is 48.9 Å². The smallest absolute Gasteiger partial charge is 0.191 e. The van der Waals surface area contributed by atoms with Crippen LogP contribution in [0.15, 0.2) is 53.5 Å². The monoisotopic (exact) mass is 528 g/mol. The molecule has 0 unspecified atom stereocenters. The number of hydrogen-bond donors (Lipinski definition) is 2. The Kier molecular flexibility index (Phi) is 10.8. The standard InChI is InChI=1S/C22H29ClN4O.HI/c1-24-22(25-10-9-18-5-7-21(23)8-6-18)26-16-19-3-2-4-20(15-19)17-27-11-13-28-14-12-27;/h2-8,15H,9-14,16-17H2,1H3,(H2,24,25,26);1H. The van der Waals surface area contributed by atoms with E-state index in [1.165, 1.54) is 16.7 Å². The van der Waals surface area contributed by atoms with Crippen molar-refractivity contribution in [3.05, 3.63) is 70.2 Å². The van der Waals surface area contributed by atoms with Crippen LogP contribution in [0, 0.1) is 0 Å². The molecule has 0 bridgehead atoms. The van der Waals surface area contributed by atoms with Crippen LogP contribution in [0.5, 0.6) is 0 Å². The molecule has 0 atom stereocenters. The third-order valence-corrected chi connectivity index (χ3v) is 5.06. The minimum absolute atomic E-state index is 0. The van der Waals surface area contributed by atoms with Gasteiger partial charge in [-0.2, -0.15) is 0 Å². The van der Waals surface area contributed by atoms with E-state index in [4.69, 9.17) is 16.3 Å². The largest absolute Gasteiger partial charge is 0.379 e. The van der Waals surface area contributed by atoms with Gasteiger partial charge in [-0.25, -0.2) is 0 Å². The number of benzene rings is 2. The molecule has 1 aliphatic heterocycles. The number of aliphatic imine (C=N–C) groups is 1. The second-order valence-electron chi connectivity index (χ2n) is 6.94. The number of morpholine rings is 1. The molecule has 29 heavy (non-hydrogen) atoms. The van der Waals surface area contributed by atoms with Crippen LogP contribution in [0.2, 0.25) is 5.02 Å². The molecule has 1 aliphatic rings. The van der Waals surface area contributed by atoms with E-state index in [1.807, 2.05) is 12.1 Å². The highest BCUT2D eigenvalue weighted by atomic mass is 127. The Balaban J connectivity index is 0.00000300. The summed E-state index contributed by atoms with van der Waals surface area (Å²) in [6, 6.07) is 16.7. The zero-order valence-electron chi connectivity index (χ0n) is 16.9. The van der Waals surface area contributed by atoms with Gasteiger partial charge in [0.2, 0.25) is 0 Å². The Hall–Kier alpha value is -1.35. The number of nitrogens with zero attached hydrogens (tertiary/aromatic N) is 2. The van der Waals surface area contributed by atoms with Crippen LogP contribution >= 0.6 is 35.6 Å².